The van der Waals surface area contributed by atoms with Gasteiger partial charge in [-0.05, 0) is 62.5 Å². The quantitative estimate of drug-likeness (QED) is 0.691. The molecule has 2 saturated heterocycles. The van der Waals surface area contributed by atoms with E-state index in [1.807, 2.05) is 0 Å². The van der Waals surface area contributed by atoms with Crippen molar-refractivity contribution >= 4 is 17.7 Å². The Morgan fingerprint density at radius 1 is 0.970 bits per heavy atom. The number of carbonyl (C=O) groups excluding carboxylic acids is 3. The number of piperidine rings is 1. The first-order valence-electron chi connectivity index (χ1n) is 12.4. The molecule has 2 aliphatic carbocycles. The summed E-state index contributed by atoms with van der Waals surface area (Å²) in [5.41, 5.74) is 0.562. The average molecular weight is 456 g/mol. The van der Waals surface area contributed by atoms with Gasteiger partial charge >= 0.3 is 0 Å². The molecule has 1 unspecified atom stereocenters. The Morgan fingerprint density at radius 2 is 1.76 bits per heavy atom. The van der Waals surface area contributed by atoms with E-state index in [0.29, 0.717) is 6.04 Å². The molecule has 0 aromatic heterocycles. The van der Waals surface area contributed by atoms with Crippen LogP contribution in [0.1, 0.15) is 67.3 Å². The van der Waals surface area contributed by atoms with Crippen molar-refractivity contribution in [3.05, 3.63) is 29.1 Å². The number of imide groups is 1. The fourth-order valence-corrected chi connectivity index (χ4v) is 6.15. The Morgan fingerprint density at radius 3 is 2.52 bits per heavy atom. The molecule has 2 saturated carbocycles. The normalized spacial score (nSPS) is 30.8. The van der Waals surface area contributed by atoms with Crippen LogP contribution in [-0.4, -0.2) is 58.8 Å². The van der Waals surface area contributed by atoms with Crippen LogP contribution in [0.5, 0.6) is 5.75 Å². The number of likely N-dealkylation sites (tertiary alicyclic amines) is 1. The van der Waals surface area contributed by atoms with Crippen LogP contribution in [0, 0.1) is 17.7 Å². The van der Waals surface area contributed by atoms with Gasteiger partial charge in [-0.3, -0.25) is 24.6 Å². The van der Waals surface area contributed by atoms with Crippen molar-refractivity contribution in [1.82, 2.24) is 15.1 Å². The van der Waals surface area contributed by atoms with E-state index in [9.17, 15) is 14.4 Å². The standard InChI is InChI=1S/C25H30FN3O4/c26-23-17-13-29(19-8-10-22(30)27-24(19)31)25(32)16(17)7-9-21(23)33-20-4-2-1-3-18(20)28-11-15(12-28)14-5-6-14/h7,9,14-15,18-20H,1-6,8,10-13H2,(H,27,30,31)/t18-,19?,20-/m1/s1. The first-order valence-corrected chi connectivity index (χ1v) is 12.4. The summed E-state index contributed by atoms with van der Waals surface area (Å²) < 4.78 is 21.8. The van der Waals surface area contributed by atoms with Gasteiger partial charge in [0.25, 0.3) is 5.91 Å². The van der Waals surface area contributed by atoms with Gasteiger partial charge in [0.05, 0.1) is 6.54 Å². The summed E-state index contributed by atoms with van der Waals surface area (Å²) in [6.07, 6.45) is 7.38. The highest BCUT2D eigenvalue weighted by atomic mass is 19.1. The molecule has 33 heavy (non-hydrogen) atoms. The Balaban J connectivity index is 1.17. The molecule has 3 atom stereocenters. The number of hydrogen-bond acceptors (Lipinski definition) is 5. The van der Waals surface area contributed by atoms with Crippen molar-refractivity contribution < 1.29 is 23.5 Å². The van der Waals surface area contributed by atoms with Crippen LogP contribution in [0.3, 0.4) is 0 Å². The first-order chi connectivity index (χ1) is 16.0. The van der Waals surface area contributed by atoms with Crippen molar-refractivity contribution in [2.45, 2.75) is 76.1 Å². The third-order valence-electron chi connectivity index (χ3n) is 8.26. The fraction of sp³-hybridized carbons (Fsp3) is 0.640. The molecule has 1 N–H and O–H groups in total. The number of nitrogens with one attached hydrogen (secondary N) is 1. The second kappa shape index (κ2) is 8.08. The Kier molecular flexibility index (Phi) is 5.16. The summed E-state index contributed by atoms with van der Waals surface area (Å²) >= 11 is 0. The molecule has 0 bridgehead atoms. The van der Waals surface area contributed by atoms with Crippen LogP contribution in [0.2, 0.25) is 0 Å². The molecule has 3 heterocycles. The molecule has 5 aliphatic rings. The largest absolute Gasteiger partial charge is 0.486 e. The van der Waals surface area contributed by atoms with Gasteiger partial charge in [-0.25, -0.2) is 4.39 Å². The maximum Gasteiger partial charge on any atom is 0.255 e. The lowest BCUT2D eigenvalue weighted by molar-refractivity contribution is -0.136. The van der Waals surface area contributed by atoms with Gasteiger partial charge in [-0.2, -0.15) is 0 Å². The zero-order valence-corrected chi connectivity index (χ0v) is 18.7. The van der Waals surface area contributed by atoms with Gasteiger partial charge in [-0.15, -0.1) is 0 Å². The second-order valence-corrected chi connectivity index (χ2v) is 10.4. The van der Waals surface area contributed by atoms with Gasteiger partial charge in [0.2, 0.25) is 11.8 Å². The zero-order chi connectivity index (χ0) is 22.7. The molecule has 1 aromatic carbocycles. The minimum absolute atomic E-state index is 0.0206. The van der Waals surface area contributed by atoms with Crippen molar-refractivity contribution in [3.8, 4) is 5.75 Å². The monoisotopic (exact) mass is 455 g/mol. The number of nitrogens with zero attached hydrogens (tertiary/aromatic N) is 2. The lowest BCUT2D eigenvalue weighted by Crippen LogP contribution is -2.58. The number of fused-ring (bicyclic) bond motifs is 1. The minimum atomic E-state index is -0.750. The van der Waals surface area contributed by atoms with E-state index in [4.69, 9.17) is 4.74 Å². The Labute approximate surface area is 192 Å². The van der Waals surface area contributed by atoms with Crippen molar-refractivity contribution in [1.29, 1.82) is 0 Å². The highest BCUT2D eigenvalue weighted by molar-refractivity contribution is 6.05. The molecular weight excluding hydrogens is 425 g/mol. The summed E-state index contributed by atoms with van der Waals surface area (Å²) in [4.78, 5) is 40.5. The summed E-state index contributed by atoms with van der Waals surface area (Å²) in [6, 6.07) is 2.75. The highest BCUT2D eigenvalue weighted by Gasteiger charge is 2.45. The molecule has 4 fully saturated rings. The third-order valence-corrected chi connectivity index (χ3v) is 8.26. The van der Waals surface area contributed by atoms with Gasteiger partial charge in [0, 0.05) is 36.7 Å². The number of carbonyl (C=O) groups is 3. The molecule has 0 spiro atoms. The van der Waals surface area contributed by atoms with Crippen molar-refractivity contribution in [2.24, 2.45) is 11.8 Å². The molecule has 3 amide bonds. The predicted octanol–water partition coefficient (Wildman–Crippen LogP) is 2.62. The zero-order valence-electron chi connectivity index (χ0n) is 18.7. The van der Waals surface area contributed by atoms with E-state index >= 15 is 4.39 Å². The van der Waals surface area contributed by atoms with Gasteiger partial charge < -0.3 is 9.64 Å². The summed E-state index contributed by atoms with van der Waals surface area (Å²) in [7, 11) is 0. The fourth-order valence-electron chi connectivity index (χ4n) is 6.15. The van der Waals surface area contributed by atoms with Gasteiger partial charge in [-0.1, -0.05) is 6.42 Å². The maximum absolute atomic E-state index is 15.5. The second-order valence-electron chi connectivity index (χ2n) is 10.4. The predicted molar refractivity (Wildman–Crippen MR) is 117 cm³/mol. The van der Waals surface area contributed by atoms with E-state index in [1.54, 1.807) is 12.1 Å². The van der Waals surface area contributed by atoms with E-state index in [1.165, 1.54) is 24.2 Å². The SMILES string of the molecule is O=C1CCC(N2Cc3c(ccc(O[C@@H]4CCCC[C@H]4N4CC(C5CC5)C4)c3F)C2=O)C(=O)N1. The number of halogens is 1. The van der Waals surface area contributed by atoms with Crippen LogP contribution in [0.25, 0.3) is 0 Å². The highest BCUT2D eigenvalue weighted by Crippen LogP contribution is 2.43. The van der Waals surface area contributed by atoms with Crippen LogP contribution in [0.15, 0.2) is 12.1 Å². The average Bonchev–Trinajstić information content (AvgIpc) is 3.54. The number of hydrogen-bond donors (Lipinski definition) is 1. The van der Waals surface area contributed by atoms with Gasteiger partial charge in [0.1, 0.15) is 12.1 Å². The van der Waals surface area contributed by atoms with E-state index < -0.39 is 17.8 Å². The smallest absolute Gasteiger partial charge is 0.255 e. The number of ether oxygens (including phenoxy) is 1. The Hall–Kier alpha value is -2.48. The number of rotatable bonds is 5. The topological polar surface area (TPSA) is 79.0 Å². The number of amides is 3. The number of benzene rings is 1. The van der Waals surface area contributed by atoms with Crippen LogP contribution >= 0.6 is 0 Å². The molecule has 8 heteroatoms. The molecule has 0 radical (unpaired) electrons. The molecule has 6 rings (SSSR count). The van der Waals surface area contributed by atoms with E-state index in [-0.39, 0.29) is 54.2 Å². The summed E-state index contributed by atoms with van der Waals surface area (Å²) in [6.45, 7) is 2.29. The first kappa shape index (κ1) is 21.1. The summed E-state index contributed by atoms with van der Waals surface area (Å²) in [5.74, 6) is 0.245. The molecular formula is C25H30FN3O4. The Bertz CT molecular complexity index is 1000. The van der Waals surface area contributed by atoms with Crippen LogP contribution in [-0.2, 0) is 16.1 Å². The molecule has 7 nitrogen and oxygen atoms in total. The lowest BCUT2D eigenvalue weighted by Gasteiger charge is -2.48. The molecule has 176 valence electrons. The van der Waals surface area contributed by atoms with Crippen LogP contribution in [0.4, 0.5) is 4.39 Å². The minimum Gasteiger partial charge on any atom is -0.486 e. The van der Waals surface area contributed by atoms with Crippen molar-refractivity contribution in [3.63, 3.8) is 0 Å². The van der Waals surface area contributed by atoms with Crippen molar-refractivity contribution in [2.75, 3.05) is 13.1 Å². The lowest BCUT2D eigenvalue weighted by atomic mass is 9.85. The van der Waals surface area contributed by atoms with Gasteiger partial charge in [0.15, 0.2) is 11.6 Å². The van der Waals surface area contributed by atoms with E-state index in [0.717, 1.165) is 44.2 Å². The molecule has 3 aliphatic heterocycles. The summed E-state index contributed by atoms with van der Waals surface area (Å²) in [5, 5.41) is 2.28. The van der Waals surface area contributed by atoms with Crippen LogP contribution < -0.4 is 10.1 Å². The molecule has 1 aromatic rings. The maximum atomic E-state index is 15.5. The van der Waals surface area contributed by atoms with E-state index in [2.05, 4.69) is 10.2 Å². The third kappa shape index (κ3) is 3.72.